The molecule has 18 heteroatoms. The molecule has 0 amide bonds. The highest BCUT2D eigenvalue weighted by Crippen LogP contribution is 2.35. The molecular weight excluding hydrogens is 1410 g/mol. The fraction of sp³-hybridized carbons (Fsp3) is 0.915. The third-order valence-corrected chi connectivity index (χ3v) is 22.1. The fourth-order valence-electron chi connectivity index (χ4n) is 14.4. The molecule has 660 valence electrons. The second-order valence-electron chi connectivity index (χ2n) is 33.8. The summed E-state index contributed by atoms with van der Waals surface area (Å²) in [5.41, 5.74) is -2.43. The summed E-state index contributed by atoms with van der Waals surface area (Å²) in [5, 5.41) is 0. The van der Waals surface area contributed by atoms with Crippen LogP contribution in [0.1, 0.15) is 429 Å². The zero-order chi connectivity index (χ0) is 83.4. The molecule has 0 bridgehead atoms. The summed E-state index contributed by atoms with van der Waals surface area (Å²) in [5.74, 6) is -0.693. The van der Waals surface area contributed by atoms with Crippen LogP contribution in [0.15, 0.2) is 0 Å². The van der Waals surface area contributed by atoms with Gasteiger partial charge in [-0.1, -0.05) is 313 Å². The molecule has 0 heterocycles. The maximum absolute atomic E-state index is 13.6. The second-order valence-corrected chi connectivity index (χ2v) is 33.8. The van der Waals surface area contributed by atoms with Crippen LogP contribution in [-0.2, 0) is 76.3 Å². The summed E-state index contributed by atoms with van der Waals surface area (Å²) in [6.07, 6.45) is 53.0. The highest BCUT2D eigenvalue weighted by atomic mass is 16.6. The minimum Gasteiger partial charge on any atom is -0.465 e. The molecule has 0 N–H and O–H groups in total. The largest absolute Gasteiger partial charge is 0.465 e. The topological polar surface area (TPSA) is 217 Å². The van der Waals surface area contributed by atoms with Gasteiger partial charge in [0.05, 0.1) is 0 Å². The van der Waals surface area contributed by atoms with E-state index >= 15 is 0 Å². The molecule has 0 rings (SSSR count). The first kappa shape index (κ1) is 110. The molecule has 0 aromatic heterocycles. The average molecular weight is 1590 g/mol. The molecule has 112 heavy (non-hydrogen) atoms. The van der Waals surface area contributed by atoms with E-state index in [2.05, 4.69) is 79.0 Å². The molecule has 0 aromatic carbocycles. The third-order valence-electron chi connectivity index (χ3n) is 22.1. The van der Waals surface area contributed by atoms with Gasteiger partial charge in [0.15, 0.2) is 0 Å². The van der Waals surface area contributed by atoms with E-state index in [1.165, 1.54) is 128 Å². The van der Waals surface area contributed by atoms with Crippen molar-refractivity contribution < 1.29 is 76.3 Å². The molecule has 0 spiro atoms. The Balaban J connectivity index is 0. The van der Waals surface area contributed by atoms with Gasteiger partial charge in [0.2, 0.25) is 0 Å². The van der Waals surface area contributed by atoms with E-state index in [-0.39, 0.29) is 139 Å². The molecule has 0 aromatic rings. The number of nitrogens with zero attached hydrogens (tertiary/aromatic N) is 2. The van der Waals surface area contributed by atoms with Crippen molar-refractivity contribution in [1.82, 2.24) is 9.80 Å². The van der Waals surface area contributed by atoms with Crippen LogP contribution in [0.3, 0.4) is 0 Å². The summed E-state index contributed by atoms with van der Waals surface area (Å²) >= 11 is 0. The quantitative estimate of drug-likeness (QED) is 0.0314. The van der Waals surface area contributed by atoms with Crippen LogP contribution >= 0.6 is 0 Å². The van der Waals surface area contributed by atoms with Crippen LogP contribution in [0.2, 0.25) is 0 Å². The molecule has 0 saturated carbocycles. The minimum absolute atomic E-state index is 0.177. The highest BCUT2D eigenvalue weighted by Gasteiger charge is 2.40. The van der Waals surface area contributed by atoms with Gasteiger partial charge in [-0.05, 0) is 129 Å². The summed E-state index contributed by atoms with van der Waals surface area (Å²) in [4.78, 5) is 109. The first-order valence-electron chi connectivity index (χ1n) is 46.7. The first-order valence-corrected chi connectivity index (χ1v) is 46.7. The Kier molecular flexibility index (Phi) is 76.3. The van der Waals surface area contributed by atoms with E-state index in [9.17, 15) is 38.4 Å². The zero-order valence-corrected chi connectivity index (χ0v) is 75.4. The monoisotopic (exact) mass is 1590 g/mol. The lowest BCUT2D eigenvalue weighted by Crippen LogP contribution is -2.44. The molecule has 0 fully saturated rings. The Morgan fingerprint density at radius 3 is 0.527 bits per heavy atom. The fourth-order valence-corrected chi connectivity index (χ4v) is 14.4. The van der Waals surface area contributed by atoms with Crippen LogP contribution in [-0.4, -0.2) is 152 Å². The Morgan fingerprint density at radius 2 is 0.348 bits per heavy atom. The number of ether oxygens (including phenoxy) is 8. The maximum atomic E-state index is 13.6. The van der Waals surface area contributed by atoms with Crippen molar-refractivity contribution in [3.63, 3.8) is 0 Å². The predicted octanol–water partition coefficient (Wildman–Crippen LogP) is 23.9. The summed E-state index contributed by atoms with van der Waals surface area (Å²) < 4.78 is 46.9. The summed E-state index contributed by atoms with van der Waals surface area (Å²) in [6.45, 7) is 22.4. The van der Waals surface area contributed by atoms with Crippen LogP contribution in [0.5, 0.6) is 0 Å². The SMILES string of the molecule is CCCCCCCC(=O)OCC(COC(=O)CCCCCCC)(COC(=O)CCCCN(C)C)COC(=O)CCC(CCCC)C(CCCC)CCCC.CCCCCCCCCC(=O)OCC(COC(=O)CCCCCCCCC)(COC(=O)CCCCN(C)C)COC(=O)CCC(CCCC)C(CCCC)CCCC. The Bertz CT molecular complexity index is 2160. The molecule has 18 nitrogen and oxygen atoms in total. The van der Waals surface area contributed by atoms with Gasteiger partial charge in [-0.2, -0.15) is 0 Å². The van der Waals surface area contributed by atoms with E-state index in [0.717, 1.165) is 180 Å². The number of hydrogen-bond acceptors (Lipinski definition) is 18. The molecule has 0 aliphatic carbocycles. The van der Waals surface area contributed by atoms with Crippen LogP contribution < -0.4 is 0 Å². The van der Waals surface area contributed by atoms with Gasteiger partial charge >= 0.3 is 47.8 Å². The lowest BCUT2D eigenvalue weighted by Gasteiger charge is -2.32. The Labute approximate surface area is 687 Å². The van der Waals surface area contributed by atoms with E-state index in [4.69, 9.17) is 37.9 Å². The first-order chi connectivity index (χ1) is 54.1. The highest BCUT2D eigenvalue weighted by molar-refractivity contribution is 5.72. The smallest absolute Gasteiger partial charge is 0.305 e. The molecule has 0 aliphatic rings. The third kappa shape index (κ3) is 66.8. The molecule has 0 radical (unpaired) electrons. The van der Waals surface area contributed by atoms with Gasteiger partial charge in [-0.25, -0.2) is 0 Å². The average Bonchev–Trinajstić information content (AvgIpc) is 0.858. The van der Waals surface area contributed by atoms with Crippen molar-refractivity contribution in [2.45, 2.75) is 429 Å². The number of rotatable bonds is 80. The second kappa shape index (κ2) is 77.9. The molecule has 0 aliphatic heterocycles. The lowest BCUT2D eigenvalue weighted by atomic mass is 9.79. The Hall–Kier alpha value is -4.32. The zero-order valence-electron chi connectivity index (χ0n) is 75.4. The van der Waals surface area contributed by atoms with Crippen LogP contribution in [0.4, 0.5) is 0 Å². The van der Waals surface area contributed by atoms with Crippen LogP contribution in [0, 0.1) is 34.5 Å². The van der Waals surface area contributed by atoms with Crippen molar-refractivity contribution in [2.24, 2.45) is 34.5 Å². The van der Waals surface area contributed by atoms with Gasteiger partial charge in [0, 0.05) is 51.4 Å². The van der Waals surface area contributed by atoms with Crippen molar-refractivity contribution in [3.05, 3.63) is 0 Å². The van der Waals surface area contributed by atoms with Crippen molar-refractivity contribution in [3.8, 4) is 0 Å². The van der Waals surface area contributed by atoms with E-state index in [1.54, 1.807) is 0 Å². The normalized spacial score (nSPS) is 12.2. The number of carbonyl (C=O) groups is 8. The summed E-state index contributed by atoms with van der Waals surface area (Å²) in [6, 6.07) is 0. The molecular formula is C94H178N2O16. The van der Waals surface area contributed by atoms with Gasteiger partial charge in [-0.15, -0.1) is 0 Å². The number of carbonyl (C=O) groups excluding carboxylic acids is 8. The van der Waals surface area contributed by atoms with E-state index < -0.39 is 10.8 Å². The molecule has 2 unspecified atom stereocenters. The van der Waals surface area contributed by atoms with Crippen molar-refractivity contribution in [2.75, 3.05) is 94.1 Å². The summed E-state index contributed by atoms with van der Waals surface area (Å²) in [7, 11) is 7.99. The number of unbranched alkanes of at least 4 members (excludes halogenated alkanes) is 28. The van der Waals surface area contributed by atoms with Gasteiger partial charge in [0.25, 0.3) is 0 Å². The maximum Gasteiger partial charge on any atom is 0.305 e. The molecule has 2 atom stereocenters. The molecule has 0 saturated heterocycles. The standard InChI is InChI=1S/C49H93NO8.C45H85NO8/c1-8-13-18-20-22-24-26-33-45(51)55-39-49(41-57-47(53)35-28-29-38-50(6)7,40-56-46(52)34-27-25-23-21-19-14-9-2)42-58-48(54)37-36-44(32-17-12-5)43(30-15-10-3)31-16-11-4;1-8-13-18-20-22-29-41(47)51-35-45(36-52-42(48)30-23-21-19-14-9-2,37-53-43(49)31-24-25-34-46(6)7)38-54-44(50)33-32-40(28-17-12-5)39(26-15-10-3)27-16-11-4/h43-44H,8-42H2,1-7H3;39-40H,8-38H2,1-7H3. The van der Waals surface area contributed by atoms with Gasteiger partial charge in [0.1, 0.15) is 63.7 Å². The Morgan fingerprint density at radius 1 is 0.196 bits per heavy atom. The predicted molar refractivity (Wildman–Crippen MR) is 459 cm³/mol. The van der Waals surface area contributed by atoms with Gasteiger partial charge in [-0.3, -0.25) is 38.4 Å². The number of esters is 8. The van der Waals surface area contributed by atoms with E-state index in [1.807, 2.05) is 28.2 Å². The van der Waals surface area contributed by atoms with Crippen LogP contribution in [0.25, 0.3) is 0 Å². The minimum atomic E-state index is -1.22. The lowest BCUT2D eigenvalue weighted by molar-refractivity contribution is -0.174. The van der Waals surface area contributed by atoms with Gasteiger partial charge < -0.3 is 47.7 Å². The van der Waals surface area contributed by atoms with Crippen molar-refractivity contribution in [1.29, 1.82) is 0 Å². The van der Waals surface area contributed by atoms with Crippen molar-refractivity contribution >= 4 is 47.8 Å². The van der Waals surface area contributed by atoms with E-state index in [0.29, 0.717) is 49.4 Å². The number of hydrogen-bond donors (Lipinski definition) is 0.